The Morgan fingerprint density at radius 3 is 3.00 bits per heavy atom. The van der Waals surface area contributed by atoms with Crippen LogP contribution < -0.4 is 16.8 Å². The Hall–Kier alpha value is -2.17. The molecule has 0 aliphatic heterocycles. The summed E-state index contributed by atoms with van der Waals surface area (Å²) in [4.78, 5) is 4.00. The highest BCUT2D eigenvalue weighted by molar-refractivity contribution is 5.16. The van der Waals surface area contributed by atoms with Gasteiger partial charge in [-0.25, -0.2) is 0 Å². The molecule has 0 amide bonds. The Bertz CT molecular complexity index is 373. The number of nitrogens with zero attached hydrogens (tertiary/aromatic N) is 1. The van der Waals surface area contributed by atoms with Crippen molar-refractivity contribution in [3.05, 3.63) is 53.9 Å². The SMILES string of the molecule is COC(/C=C(\N)NCc1cccnc1)=C/N. The van der Waals surface area contributed by atoms with Gasteiger partial charge in [0.1, 0.15) is 11.6 Å². The second kappa shape index (κ2) is 6.34. The van der Waals surface area contributed by atoms with Gasteiger partial charge in [-0.15, -0.1) is 0 Å². The van der Waals surface area contributed by atoms with E-state index in [9.17, 15) is 0 Å². The Morgan fingerprint density at radius 2 is 2.44 bits per heavy atom. The molecule has 0 bridgehead atoms. The summed E-state index contributed by atoms with van der Waals surface area (Å²) in [5.74, 6) is 0.999. The number of nitrogens with one attached hydrogen (secondary N) is 1. The van der Waals surface area contributed by atoms with Crippen LogP contribution in [0.2, 0.25) is 0 Å². The van der Waals surface area contributed by atoms with Crippen LogP contribution in [0.4, 0.5) is 0 Å². The summed E-state index contributed by atoms with van der Waals surface area (Å²) < 4.78 is 4.95. The average molecular weight is 220 g/mol. The van der Waals surface area contributed by atoms with Gasteiger partial charge in [-0.3, -0.25) is 4.98 Å². The van der Waals surface area contributed by atoms with E-state index in [4.69, 9.17) is 16.2 Å². The molecule has 0 aliphatic rings. The van der Waals surface area contributed by atoms with E-state index >= 15 is 0 Å². The van der Waals surface area contributed by atoms with E-state index in [-0.39, 0.29) is 0 Å². The highest BCUT2D eigenvalue weighted by Crippen LogP contribution is 1.98. The number of pyridine rings is 1. The van der Waals surface area contributed by atoms with Crippen molar-refractivity contribution in [3.8, 4) is 0 Å². The molecule has 5 N–H and O–H groups in total. The molecule has 1 rings (SSSR count). The van der Waals surface area contributed by atoms with Crippen molar-refractivity contribution in [2.24, 2.45) is 11.5 Å². The minimum Gasteiger partial charge on any atom is -0.495 e. The molecule has 0 saturated heterocycles. The van der Waals surface area contributed by atoms with E-state index in [1.54, 1.807) is 18.5 Å². The Kier molecular flexibility index (Phi) is 4.72. The van der Waals surface area contributed by atoms with E-state index in [1.807, 2.05) is 12.1 Å². The summed E-state index contributed by atoms with van der Waals surface area (Å²) in [5.41, 5.74) is 12.1. The first-order valence-corrected chi connectivity index (χ1v) is 4.82. The van der Waals surface area contributed by atoms with Gasteiger partial charge in [0.2, 0.25) is 0 Å². The fourth-order valence-electron chi connectivity index (χ4n) is 1.09. The van der Waals surface area contributed by atoms with Gasteiger partial charge in [-0.05, 0) is 11.6 Å². The highest BCUT2D eigenvalue weighted by Gasteiger charge is 1.95. The van der Waals surface area contributed by atoms with E-state index in [2.05, 4.69) is 10.3 Å². The number of nitrogens with two attached hydrogens (primary N) is 2. The van der Waals surface area contributed by atoms with Crippen LogP contribution in [0.25, 0.3) is 0 Å². The van der Waals surface area contributed by atoms with Crippen LogP contribution in [0, 0.1) is 0 Å². The van der Waals surface area contributed by atoms with Gasteiger partial charge in [0.15, 0.2) is 0 Å². The van der Waals surface area contributed by atoms with Crippen molar-refractivity contribution in [3.63, 3.8) is 0 Å². The number of hydrogen-bond acceptors (Lipinski definition) is 5. The third-order valence-corrected chi connectivity index (χ3v) is 1.92. The van der Waals surface area contributed by atoms with Crippen molar-refractivity contribution in [1.29, 1.82) is 0 Å². The highest BCUT2D eigenvalue weighted by atomic mass is 16.5. The maximum atomic E-state index is 5.73. The van der Waals surface area contributed by atoms with Gasteiger partial charge in [-0.1, -0.05) is 6.07 Å². The molecule has 1 aromatic rings. The molecule has 0 saturated carbocycles. The maximum absolute atomic E-state index is 5.73. The monoisotopic (exact) mass is 220 g/mol. The first-order valence-electron chi connectivity index (χ1n) is 4.82. The molecule has 0 radical (unpaired) electrons. The van der Waals surface area contributed by atoms with Crippen LogP contribution in [0.1, 0.15) is 5.56 Å². The van der Waals surface area contributed by atoms with Gasteiger partial charge < -0.3 is 21.5 Å². The third-order valence-electron chi connectivity index (χ3n) is 1.92. The van der Waals surface area contributed by atoms with E-state index in [0.717, 1.165) is 5.56 Å². The fraction of sp³-hybridized carbons (Fsp3) is 0.182. The molecule has 1 heterocycles. The van der Waals surface area contributed by atoms with Gasteiger partial charge in [0.25, 0.3) is 0 Å². The van der Waals surface area contributed by atoms with Crippen LogP contribution in [-0.2, 0) is 11.3 Å². The van der Waals surface area contributed by atoms with E-state index in [0.29, 0.717) is 18.1 Å². The van der Waals surface area contributed by atoms with Crippen LogP contribution >= 0.6 is 0 Å². The summed E-state index contributed by atoms with van der Waals surface area (Å²) in [6, 6.07) is 3.83. The number of allylic oxidation sites excluding steroid dienone is 1. The van der Waals surface area contributed by atoms with Crippen LogP contribution in [0.15, 0.2) is 48.4 Å². The zero-order chi connectivity index (χ0) is 11.8. The Morgan fingerprint density at radius 1 is 1.62 bits per heavy atom. The minimum absolute atomic E-state index is 0.488. The normalized spacial score (nSPS) is 12.3. The lowest BCUT2D eigenvalue weighted by Crippen LogP contribution is -2.20. The lowest BCUT2D eigenvalue weighted by molar-refractivity contribution is 0.305. The predicted molar refractivity (Wildman–Crippen MR) is 62.6 cm³/mol. The van der Waals surface area contributed by atoms with Crippen LogP contribution in [-0.4, -0.2) is 12.1 Å². The van der Waals surface area contributed by atoms with Crippen molar-refractivity contribution in [1.82, 2.24) is 10.3 Å². The Balaban J connectivity index is 2.50. The smallest absolute Gasteiger partial charge is 0.137 e. The Labute approximate surface area is 94.8 Å². The molecular weight excluding hydrogens is 204 g/mol. The largest absolute Gasteiger partial charge is 0.495 e. The predicted octanol–water partition coefficient (Wildman–Crippen LogP) is 0.418. The van der Waals surface area contributed by atoms with Crippen molar-refractivity contribution in [2.45, 2.75) is 6.54 Å². The molecular formula is C11H16N4O. The summed E-state index contributed by atoms with van der Waals surface area (Å²) >= 11 is 0. The molecule has 0 spiro atoms. The topological polar surface area (TPSA) is 86.2 Å². The first kappa shape index (κ1) is 11.9. The summed E-state index contributed by atoms with van der Waals surface area (Å²) in [5, 5.41) is 3.02. The van der Waals surface area contributed by atoms with E-state index < -0.39 is 0 Å². The molecule has 16 heavy (non-hydrogen) atoms. The standard InChI is InChI=1S/C11H16N4O/c1-16-10(6-12)5-11(13)15-8-9-3-2-4-14-7-9/h2-7,15H,8,12-13H2,1H3/b10-6+,11-5+. The number of methoxy groups -OCH3 is 1. The first-order chi connectivity index (χ1) is 7.76. The summed E-state index contributed by atoms with van der Waals surface area (Å²) in [6.45, 7) is 0.609. The molecule has 5 heteroatoms. The number of rotatable bonds is 5. The molecule has 0 fully saturated rings. The molecule has 86 valence electrons. The van der Waals surface area contributed by atoms with Crippen molar-refractivity contribution < 1.29 is 4.74 Å². The number of ether oxygens (including phenoxy) is 1. The second-order valence-corrected chi connectivity index (χ2v) is 3.09. The lowest BCUT2D eigenvalue weighted by Gasteiger charge is -2.07. The molecule has 5 nitrogen and oxygen atoms in total. The quantitative estimate of drug-likeness (QED) is 0.494. The summed E-state index contributed by atoms with van der Waals surface area (Å²) in [6.07, 6.45) is 6.47. The second-order valence-electron chi connectivity index (χ2n) is 3.09. The number of aromatic nitrogens is 1. The van der Waals surface area contributed by atoms with Crippen molar-refractivity contribution >= 4 is 0 Å². The lowest BCUT2D eigenvalue weighted by atomic mass is 10.3. The van der Waals surface area contributed by atoms with Gasteiger partial charge >= 0.3 is 0 Å². The summed E-state index contributed by atoms with van der Waals surface area (Å²) in [7, 11) is 1.53. The van der Waals surface area contributed by atoms with E-state index in [1.165, 1.54) is 13.3 Å². The van der Waals surface area contributed by atoms with Crippen LogP contribution in [0.5, 0.6) is 0 Å². The number of hydrogen-bond donors (Lipinski definition) is 3. The van der Waals surface area contributed by atoms with Gasteiger partial charge in [0.05, 0.1) is 7.11 Å². The minimum atomic E-state index is 0.488. The molecule has 0 aliphatic carbocycles. The molecule has 0 unspecified atom stereocenters. The molecule has 0 aromatic carbocycles. The average Bonchev–Trinajstić information content (AvgIpc) is 2.34. The third kappa shape index (κ3) is 3.91. The fourth-order valence-corrected chi connectivity index (χ4v) is 1.09. The van der Waals surface area contributed by atoms with Gasteiger partial charge in [-0.2, -0.15) is 0 Å². The zero-order valence-electron chi connectivity index (χ0n) is 9.18. The zero-order valence-corrected chi connectivity index (χ0v) is 9.18. The molecule has 1 aromatic heterocycles. The van der Waals surface area contributed by atoms with Gasteiger partial charge in [0, 0.05) is 31.2 Å². The maximum Gasteiger partial charge on any atom is 0.137 e. The molecule has 0 atom stereocenters. The van der Waals surface area contributed by atoms with Crippen molar-refractivity contribution in [2.75, 3.05) is 7.11 Å². The van der Waals surface area contributed by atoms with Crippen LogP contribution in [0.3, 0.4) is 0 Å².